The molecule has 2 fully saturated rings. The molecule has 21 heavy (non-hydrogen) atoms. The molecule has 3 rings (SSSR count). The lowest BCUT2D eigenvalue weighted by Crippen LogP contribution is -2.29. The number of nitrogens with one attached hydrogen (secondary N) is 1. The summed E-state index contributed by atoms with van der Waals surface area (Å²) in [6.45, 7) is 3.09. The van der Waals surface area contributed by atoms with Crippen LogP contribution in [-0.4, -0.2) is 25.8 Å². The first-order chi connectivity index (χ1) is 10.3. The molecule has 0 amide bonds. The molecule has 0 spiro atoms. The van der Waals surface area contributed by atoms with E-state index in [1.165, 1.54) is 55.1 Å². The van der Waals surface area contributed by atoms with Crippen LogP contribution in [0.3, 0.4) is 0 Å². The van der Waals surface area contributed by atoms with Crippen LogP contribution in [0.2, 0.25) is 0 Å². The Morgan fingerprint density at radius 2 is 1.90 bits per heavy atom. The van der Waals surface area contributed by atoms with Crippen LogP contribution in [0.4, 0.5) is 0 Å². The molecule has 1 aromatic carbocycles. The number of rotatable bonds is 7. The molecule has 0 radical (unpaired) electrons. The fourth-order valence-electron chi connectivity index (χ4n) is 3.29. The molecule has 1 aliphatic carbocycles. The van der Waals surface area contributed by atoms with E-state index in [9.17, 15) is 0 Å². The van der Waals surface area contributed by atoms with Crippen molar-refractivity contribution in [3.63, 3.8) is 0 Å². The molecular formula is C18H26BrNO. The topological polar surface area (TPSA) is 21.3 Å². The molecule has 1 heterocycles. The molecule has 1 saturated heterocycles. The highest BCUT2D eigenvalue weighted by atomic mass is 79.9. The van der Waals surface area contributed by atoms with Crippen LogP contribution in [0.25, 0.3) is 0 Å². The summed E-state index contributed by atoms with van der Waals surface area (Å²) < 4.78 is 6.76. The summed E-state index contributed by atoms with van der Waals surface area (Å²) in [6.07, 6.45) is 7.76. The van der Waals surface area contributed by atoms with Crippen molar-refractivity contribution in [2.75, 3.05) is 19.8 Å². The molecule has 1 aliphatic heterocycles. The second-order valence-electron chi connectivity index (χ2n) is 6.64. The van der Waals surface area contributed by atoms with Gasteiger partial charge < -0.3 is 10.1 Å². The van der Waals surface area contributed by atoms with Crippen LogP contribution in [-0.2, 0) is 11.2 Å². The lowest BCUT2D eigenvalue weighted by atomic mass is 9.85. The second kappa shape index (κ2) is 7.75. The Balaban J connectivity index is 1.58. The monoisotopic (exact) mass is 351 g/mol. The standard InChI is InChI=1S/C18H26BrNO/c19-18-4-2-1-3-16(18)12-15(13-20-17-5-6-17)11-14-7-9-21-10-8-14/h1-4,14-15,17,20H,5-13H2. The summed E-state index contributed by atoms with van der Waals surface area (Å²) in [5.74, 6) is 1.60. The average Bonchev–Trinajstić information content (AvgIpc) is 3.32. The molecule has 1 N–H and O–H groups in total. The minimum absolute atomic E-state index is 0.743. The summed E-state index contributed by atoms with van der Waals surface area (Å²) in [7, 11) is 0. The van der Waals surface area contributed by atoms with E-state index in [-0.39, 0.29) is 0 Å². The quantitative estimate of drug-likeness (QED) is 0.795. The number of hydrogen-bond donors (Lipinski definition) is 1. The van der Waals surface area contributed by atoms with Crippen LogP contribution >= 0.6 is 15.9 Å². The number of halogens is 1. The molecule has 1 atom stereocenters. The largest absolute Gasteiger partial charge is 0.381 e. The predicted molar refractivity (Wildman–Crippen MR) is 90.5 cm³/mol. The number of hydrogen-bond acceptors (Lipinski definition) is 2. The molecule has 0 aromatic heterocycles. The van der Waals surface area contributed by atoms with E-state index < -0.39 is 0 Å². The van der Waals surface area contributed by atoms with Crippen LogP contribution in [0.1, 0.15) is 37.7 Å². The Kier molecular flexibility index (Phi) is 5.73. The molecule has 2 aliphatic rings. The maximum Gasteiger partial charge on any atom is 0.0468 e. The number of benzene rings is 1. The molecule has 3 heteroatoms. The van der Waals surface area contributed by atoms with Crippen molar-refractivity contribution < 1.29 is 4.74 Å². The van der Waals surface area contributed by atoms with E-state index in [0.29, 0.717) is 0 Å². The van der Waals surface area contributed by atoms with E-state index in [4.69, 9.17) is 4.74 Å². The van der Waals surface area contributed by atoms with Gasteiger partial charge in [0.25, 0.3) is 0 Å². The van der Waals surface area contributed by atoms with Gasteiger partial charge in [0, 0.05) is 23.7 Å². The van der Waals surface area contributed by atoms with E-state index in [2.05, 4.69) is 45.5 Å². The zero-order chi connectivity index (χ0) is 14.5. The lowest BCUT2D eigenvalue weighted by molar-refractivity contribution is 0.0584. The minimum atomic E-state index is 0.743. The minimum Gasteiger partial charge on any atom is -0.381 e. The highest BCUT2D eigenvalue weighted by molar-refractivity contribution is 9.10. The third-order valence-electron chi connectivity index (χ3n) is 4.75. The second-order valence-corrected chi connectivity index (χ2v) is 7.49. The Hall–Kier alpha value is -0.380. The Bertz CT molecular complexity index is 441. The first-order valence-corrected chi connectivity index (χ1v) is 9.15. The normalized spacial score (nSPS) is 21.4. The highest BCUT2D eigenvalue weighted by Crippen LogP contribution is 2.28. The Morgan fingerprint density at radius 1 is 1.14 bits per heavy atom. The van der Waals surface area contributed by atoms with Gasteiger partial charge in [-0.15, -0.1) is 0 Å². The maximum atomic E-state index is 5.50. The molecule has 0 bridgehead atoms. The van der Waals surface area contributed by atoms with Crippen molar-refractivity contribution in [2.45, 2.75) is 44.6 Å². The van der Waals surface area contributed by atoms with Crippen molar-refractivity contribution in [1.82, 2.24) is 5.32 Å². The van der Waals surface area contributed by atoms with Crippen molar-refractivity contribution in [3.8, 4) is 0 Å². The summed E-state index contributed by atoms with van der Waals surface area (Å²) in [4.78, 5) is 0. The highest BCUT2D eigenvalue weighted by Gasteiger charge is 2.24. The van der Waals surface area contributed by atoms with E-state index in [1.807, 2.05) is 0 Å². The van der Waals surface area contributed by atoms with Crippen molar-refractivity contribution in [1.29, 1.82) is 0 Å². The van der Waals surface area contributed by atoms with Gasteiger partial charge in [0.15, 0.2) is 0 Å². The predicted octanol–water partition coefficient (Wildman–Crippen LogP) is 4.18. The van der Waals surface area contributed by atoms with Gasteiger partial charge in [0.2, 0.25) is 0 Å². The van der Waals surface area contributed by atoms with Gasteiger partial charge in [-0.3, -0.25) is 0 Å². The molecule has 1 unspecified atom stereocenters. The average molecular weight is 352 g/mol. The van der Waals surface area contributed by atoms with Gasteiger partial charge in [-0.2, -0.15) is 0 Å². The summed E-state index contributed by atoms with van der Waals surface area (Å²) >= 11 is 3.70. The third kappa shape index (κ3) is 5.08. The van der Waals surface area contributed by atoms with E-state index in [0.717, 1.165) is 31.1 Å². The lowest BCUT2D eigenvalue weighted by Gasteiger charge is -2.27. The zero-order valence-corrected chi connectivity index (χ0v) is 14.3. The molecule has 116 valence electrons. The van der Waals surface area contributed by atoms with Crippen LogP contribution in [0, 0.1) is 11.8 Å². The summed E-state index contributed by atoms with van der Waals surface area (Å²) in [6, 6.07) is 9.48. The Labute approximate surface area is 136 Å². The van der Waals surface area contributed by atoms with Gasteiger partial charge in [0.1, 0.15) is 0 Å². The fraction of sp³-hybridized carbons (Fsp3) is 0.667. The zero-order valence-electron chi connectivity index (χ0n) is 12.7. The SMILES string of the molecule is Brc1ccccc1CC(CNC1CC1)CC1CCOCC1. The van der Waals surface area contributed by atoms with Gasteiger partial charge in [-0.1, -0.05) is 34.1 Å². The van der Waals surface area contributed by atoms with Gasteiger partial charge in [-0.25, -0.2) is 0 Å². The van der Waals surface area contributed by atoms with Crippen molar-refractivity contribution in [3.05, 3.63) is 34.3 Å². The fourth-order valence-corrected chi connectivity index (χ4v) is 3.73. The molecule has 1 aromatic rings. The first kappa shape index (κ1) is 15.5. The Morgan fingerprint density at radius 3 is 2.62 bits per heavy atom. The molecular weight excluding hydrogens is 326 g/mol. The maximum absolute atomic E-state index is 5.50. The summed E-state index contributed by atoms with van der Waals surface area (Å²) in [5, 5.41) is 3.74. The van der Waals surface area contributed by atoms with E-state index in [1.54, 1.807) is 0 Å². The first-order valence-electron chi connectivity index (χ1n) is 8.36. The van der Waals surface area contributed by atoms with Crippen LogP contribution < -0.4 is 5.32 Å². The van der Waals surface area contributed by atoms with Gasteiger partial charge >= 0.3 is 0 Å². The van der Waals surface area contributed by atoms with Crippen molar-refractivity contribution in [2.24, 2.45) is 11.8 Å². The van der Waals surface area contributed by atoms with Gasteiger partial charge in [-0.05, 0) is 68.5 Å². The smallest absolute Gasteiger partial charge is 0.0468 e. The van der Waals surface area contributed by atoms with Crippen LogP contribution in [0.15, 0.2) is 28.7 Å². The summed E-state index contributed by atoms with van der Waals surface area (Å²) in [5.41, 5.74) is 1.45. The van der Waals surface area contributed by atoms with Crippen LogP contribution in [0.5, 0.6) is 0 Å². The molecule has 1 saturated carbocycles. The van der Waals surface area contributed by atoms with Gasteiger partial charge in [0.05, 0.1) is 0 Å². The van der Waals surface area contributed by atoms with E-state index >= 15 is 0 Å². The number of ether oxygens (including phenoxy) is 1. The third-order valence-corrected chi connectivity index (χ3v) is 5.52. The molecule has 2 nitrogen and oxygen atoms in total. The van der Waals surface area contributed by atoms with Crippen molar-refractivity contribution >= 4 is 15.9 Å².